The average molecular weight is 280 g/mol. The van der Waals surface area contributed by atoms with E-state index in [2.05, 4.69) is 20.8 Å². The van der Waals surface area contributed by atoms with Crippen LogP contribution in [0.5, 0.6) is 0 Å². The van der Waals surface area contributed by atoms with Crippen molar-refractivity contribution in [2.45, 2.75) is 26.7 Å². The van der Waals surface area contributed by atoms with Crippen molar-refractivity contribution in [3.8, 4) is 0 Å². The van der Waals surface area contributed by atoms with E-state index in [-0.39, 0.29) is 11.9 Å². The highest BCUT2D eigenvalue weighted by Crippen LogP contribution is 2.20. The lowest BCUT2D eigenvalue weighted by Crippen LogP contribution is -2.31. The van der Waals surface area contributed by atoms with Crippen molar-refractivity contribution >= 4 is 23.2 Å². The molecule has 7 heteroatoms. The highest BCUT2D eigenvalue weighted by Gasteiger charge is 2.12. The number of rotatable bonds is 4. The molecule has 2 N–H and O–H groups in total. The molecule has 6 nitrogen and oxygen atoms in total. The molecule has 2 amide bonds. The summed E-state index contributed by atoms with van der Waals surface area (Å²) in [6, 6.07) is 1.36. The summed E-state index contributed by atoms with van der Waals surface area (Å²) in [5, 5.41) is 10.1. The predicted molar refractivity (Wildman–Crippen MR) is 73.5 cm³/mol. The first kappa shape index (κ1) is 13.5. The van der Waals surface area contributed by atoms with Gasteiger partial charge in [-0.2, -0.15) is 0 Å². The Morgan fingerprint density at radius 3 is 2.89 bits per heavy atom. The number of hydrogen-bond acceptors (Lipinski definition) is 5. The molecule has 0 aliphatic heterocycles. The van der Waals surface area contributed by atoms with Gasteiger partial charge in [-0.3, -0.25) is 5.32 Å². The Kier molecular flexibility index (Phi) is 4.16. The second-order valence-corrected chi connectivity index (χ2v) is 5.63. The van der Waals surface area contributed by atoms with Crippen molar-refractivity contribution in [1.29, 1.82) is 0 Å². The largest absolute Gasteiger partial charge is 0.360 e. The quantitative estimate of drug-likeness (QED) is 0.902. The zero-order valence-electron chi connectivity index (χ0n) is 11.1. The number of anilines is 1. The highest BCUT2D eigenvalue weighted by atomic mass is 32.1. The molecule has 1 atom stereocenters. The summed E-state index contributed by atoms with van der Waals surface area (Å²) in [4.78, 5) is 17.1. The third kappa shape index (κ3) is 3.78. The van der Waals surface area contributed by atoms with E-state index in [1.54, 1.807) is 24.3 Å². The Morgan fingerprint density at radius 1 is 1.53 bits per heavy atom. The molecule has 0 aliphatic rings. The summed E-state index contributed by atoms with van der Waals surface area (Å²) in [7, 11) is 0. The zero-order chi connectivity index (χ0) is 13.8. The number of carbonyl (C=O) groups excluding carboxylic acids is 1. The number of amides is 2. The second-order valence-electron chi connectivity index (χ2n) is 4.37. The average Bonchev–Trinajstić information content (AvgIpc) is 2.95. The minimum absolute atomic E-state index is 0.184. The van der Waals surface area contributed by atoms with E-state index in [9.17, 15) is 4.79 Å². The molecular weight excluding hydrogens is 264 g/mol. The van der Waals surface area contributed by atoms with Gasteiger partial charge in [-0.15, -0.1) is 11.3 Å². The Morgan fingerprint density at radius 2 is 2.32 bits per heavy atom. The van der Waals surface area contributed by atoms with Crippen LogP contribution in [0.4, 0.5) is 10.6 Å². The number of carbonyl (C=O) groups is 1. The molecule has 0 aromatic carbocycles. The van der Waals surface area contributed by atoms with Gasteiger partial charge in [0.25, 0.3) is 0 Å². The van der Waals surface area contributed by atoms with Crippen molar-refractivity contribution in [2.24, 2.45) is 0 Å². The maximum atomic E-state index is 11.6. The molecule has 2 aromatic heterocycles. The molecule has 19 heavy (non-hydrogen) atoms. The van der Waals surface area contributed by atoms with Crippen molar-refractivity contribution in [3.05, 3.63) is 27.9 Å². The molecule has 0 spiro atoms. The van der Waals surface area contributed by atoms with Crippen LogP contribution in [0, 0.1) is 13.8 Å². The Hall–Kier alpha value is -1.89. The number of hydrogen-bond donors (Lipinski definition) is 2. The second kappa shape index (κ2) is 5.83. The first-order chi connectivity index (χ1) is 9.04. The number of urea groups is 1. The summed E-state index contributed by atoms with van der Waals surface area (Å²) in [5.74, 6) is 1.25. The van der Waals surface area contributed by atoms with Gasteiger partial charge in [-0.1, -0.05) is 12.1 Å². The van der Waals surface area contributed by atoms with Gasteiger partial charge in [0.2, 0.25) is 0 Å². The number of nitrogens with zero attached hydrogens (tertiary/aromatic N) is 2. The molecule has 2 rings (SSSR count). The number of thiazole rings is 1. The first-order valence-corrected chi connectivity index (χ1v) is 6.76. The van der Waals surface area contributed by atoms with Crippen molar-refractivity contribution in [1.82, 2.24) is 15.5 Å². The molecule has 0 fully saturated rings. The van der Waals surface area contributed by atoms with E-state index < -0.39 is 0 Å². The van der Waals surface area contributed by atoms with Crippen LogP contribution < -0.4 is 10.6 Å². The summed E-state index contributed by atoms with van der Waals surface area (Å²) in [5.41, 5.74) is 0. The molecule has 2 heterocycles. The van der Waals surface area contributed by atoms with Crippen molar-refractivity contribution < 1.29 is 9.32 Å². The molecule has 0 saturated heterocycles. The van der Waals surface area contributed by atoms with Crippen LogP contribution in [0.1, 0.15) is 28.5 Å². The van der Waals surface area contributed by atoms with E-state index in [4.69, 9.17) is 4.52 Å². The van der Waals surface area contributed by atoms with Gasteiger partial charge in [0.1, 0.15) is 5.76 Å². The van der Waals surface area contributed by atoms with Crippen LogP contribution in [0.2, 0.25) is 0 Å². The zero-order valence-corrected chi connectivity index (χ0v) is 11.9. The van der Waals surface area contributed by atoms with Crippen LogP contribution >= 0.6 is 11.3 Å². The van der Waals surface area contributed by atoms with Crippen LogP contribution in [-0.4, -0.2) is 22.7 Å². The molecule has 0 radical (unpaired) electrons. The van der Waals surface area contributed by atoms with Gasteiger partial charge in [-0.05, 0) is 13.8 Å². The lowest BCUT2D eigenvalue weighted by Gasteiger charge is -2.09. The number of nitrogens with one attached hydrogen (secondary N) is 2. The number of aromatic nitrogens is 2. The minimum atomic E-state index is -0.298. The van der Waals surface area contributed by atoms with Gasteiger partial charge in [0.05, 0.1) is 5.01 Å². The highest BCUT2D eigenvalue weighted by molar-refractivity contribution is 7.11. The topological polar surface area (TPSA) is 80.0 Å². The fourth-order valence-corrected chi connectivity index (χ4v) is 2.34. The van der Waals surface area contributed by atoms with Crippen LogP contribution in [-0.2, 0) is 0 Å². The van der Waals surface area contributed by atoms with E-state index in [1.165, 1.54) is 4.88 Å². The van der Waals surface area contributed by atoms with Gasteiger partial charge in [-0.25, -0.2) is 9.78 Å². The van der Waals surface area contributed by atoms with Crippen LogP contribution in [0.3, 0.4) is 0 Å². The third-order valence-corrected chi connectivity index (χ3v) is 3.64. The maximum Gasteiger partial charge on any atom is 0.320 e. The minimum Gasteiger partial charge on any atom is -0.360 e. The lowest BCUT2D eigenvalue weighted by atomic mass is 10.2. The maximum absolute atomic E-state index is 11.6. The van der Waals surface area contributed by atoms with E-state index in [0.29, 0.717) is 18.1 Å². The fraction of sp³-hybridized carbons (Fsp3) is 0.417. The Balaban J connectivity index is 1.80. The molecule has 1 unspecified atom stereocenters. The van der Waals surface area contributed by atoms with E-state index in [1.807, 2.05) is 20.0 Å². The Labute approximate surface area is 115 Å². The van der Waals surface area contributed by atoms with Gasteiger partial charge in [0.15, 0.2) is 5.82 Å². The molecular formula is C12H16N4O2S. The monoisotopic (exact) mass is 280 g/mol. The fourth-order valence-electron chi connectivity index (χ4n) is 1.52. The summed E-state index contributed by atoms with van der Waals surface area (Å²) < 4.78 is 4.86. The normalized spacial score (nSPS) is 12.2. The smallest absolute Gasteiger partial charge is 0.320 e. The van der Waals surface area contributed by atoms with Crippen LogP contribution in [0.25, 0.3) is 0 Å². The molecule has 2 aromatic rings. The SMILES string of the molecule is Cc1cc(NC(=O)NCC(C)c2ncc(C)s2)no1. The van der Waals surface area contributed by atoms with E-state index >= 15 is 0 Å². The summed E-state index contributed by atoms with van der Waals surface area (Å²) >= 11 is 1.64. The first-order valence-electron chi connectivity index (χ1n) is 5.95. The summed E-state index contributed by atoms with van der Waals surface area (Å²) in [6.07, 6.45) is 1.84. The molecule has 0 aliphatic carbocycles. The molecule has 0 saturated carbocycles. The Bertz CT molecular complexity index is 564. The standard InChI is InChI=1S/C12H16N4O2S/c1-7(11-13-6-9(3)19-11)5-14-12(17)15-10-4-8(2)18-16-10/h4,6-7H,5H2,1-3H3,(H2,14,15,16,17). The predicted octanol–water partition coefficient (Wildman–Crippen LogP) is 2.67. The molecule has 0 bridgehead atoms. The van der Waals surface area contributed by atoms with Gasteiger partial charge in [0, 0.05) is 29.6 Å². The van der Waals surface area contributed by atoms with Crippen molar-refractivity contribution in [2.75, 3.05) is 11.9 Å². The van der Waals surface area contributed by atoms with Crippen LogP contribution in [0.15, 0.2) is 16.8 Å². The number of aryl methyl sites for hydroxylation is 2. The van der Waals surface area contributed by atoms with Gasteiger partial charge >= 0.3 is 6.03 Å². The van der Waals surface area contributed by atoms with E-state index in [0.717, 1.165) is 5.01 Å². The summed E-state index contributed by atoms with van der Waals surface area (Å²) in [6.45, 7) is 6.33. The van der Waals surface area contributed by atoms with Crippen molar-refractivity contribution in [3.63, 3.8) is 0 Å². The van der Waals surface area contributed by atoms with Gasteiger partial charge < -0.3 is 9.84 Å². The molecule has 102 valence electrons. The lowest BCUT2D eigenvalue weighted by molar-refractivity contribution is 0.251. The third-order valence-electron chi connectivity index (χ3n) is 2.50.